The van der Waals surface area contributed by atoms with Gasteiger partial charge in [0.2, 0.25) is 0 Å². The molecule has 1 aliphatic heterocycles. The molecule has 0 N–H and O–H groups in total. The minimum absolute atomic E-state index is 0.375. The second-order valence-corrected chi connectivity index (χ2v) is 5.88. The first-order valence-electron chi connectivity index (χ1n) is 6.20. The Morgan fingerprint density at radius 1 is 1.21 bits per heavy atom. The lowest BCUT2D eigenvalue weighted by molar-refractivity contribution is 0.0724. The van der Waals surface area contributed by atoms with Gasteiger partial charge in [-0.05, 0) is 58.5 Å². The maximum Gasteiger partial charge on any atom is 0.0125 e. The molecule has 1 fully saturated rings. The third-order valence-electron chi connectivity index (χ3n) is 3.94. The van der Waals surface area contributed by atoms with E-state index in [0.29, 0.717) is 5.54 Å². The molecule has 0 aromatic heterocycles. The van der Waals surface area contributed by atoms with E-state index in [0.717, 1.165) is 11.8 Å². The van der Waals surface area contributed by atoms with Crippen molar-refractivity contribution < 1.29 is 0 Å². The lowest BCUT2D eigenvalue weighted by Crippen LogP contribution is -2.46. The second-order valence-electron chi connectivity index (χ2n) is 5.88. The van der Waals surface area contributed by atoms with Crippen molar-refractivity contribution >= 4 is 0 Å². The molecule has 0 bridgehead atoms. The summed E-state index contributed by atoms with van der Waals surface area (Å²) in [7, 11) is 0. The highest BCUT2D eigenvalue weighted by Gasteiger charge is 2.28. The molecule has 1 heterocycles. The number of piperidine rings is 1. The summed E-state index contributed by atoms with van der Waals surface area (Å²) in [6.45, 7) is 14.3. The molecule has 1 unspecified atom stereocenters. The van der Waals surface area contributed by atoms with Crippen LogP contribution in [0.4, 0.5) is 0 Å². The Kier molecular flexibility index (Phi) is 4.00. The monoisotopic (exact) mass is 197 g/mol. The largest absolute Gasteiger partial charge is 0.298 e. The van der Waals surface area contributed by atoms with Crippen LogP contribution in [0.2, 0.25) is 0 Å². The summed E-state index contributed by atoms with van der Waals surface area (Å²) >= 11 is 0. The van der Waals surface area contributed by atoms with Gasteiger partial charge in [-0.3, -0.25) is 4.90 Å². The highest BCUT2D eigenvalue weighted by Crippen LogP contribution is 2.29. The van der Waals surface area contributed by atoms with Gasteiger partial charge in [0.1, 0.15) is 0 Å². The molecule has 14 heavy (non-hydrogen) atoms. The first-order chi connectivity index (χ1) is 6.45. The number of rotatable bonds is 2. The third-order valence-corrected chi connectivity index (χ3v) is 3.94. The van der Waals surface area contributed by atoms with Gasteiger partial charge in [-0.25, -0.2) is 0 Å². The smallest absolute Gasteiger partial charge is 0.0125 e. The van der Waals surface area contributed by atoms with E-state index in [9.17, 15) is 0 Å². The molecule has 0 saturated carbocycles. The maximum atomic E-state index is 2.63. The standard InChI is InChI=1S/C13H27N/c1-6-11(2)12-7-9-14(10-8-12)13(3,4)5/h11-12H,6-10H2,1-5H3. The molecule has 84 valence electrons. The van der Waals surface area contributed by atoms with E-state index in [1.54, 1.807) is 0 Å². The van der Waals surface area contributed by atoms with Gasteiger partial charge in [0.15, 0.2) is 0 Å². The van der Waals surface area contributed by atoms with E-state index in [-0.39, 0.29) is 0 Å². The molecular formula is C13H27N. The van der Waals surface area contributed by atoms with Crippen molar-refractivity contribution in [3.63, 3.8) is 0 Å². The van der Waals surface area contributed by atoms with Crippen LogP contribution < -0.4 is 0 Å². The maximum absolute atomic E-state index is 2.63. The molecule has 0 aliphatic carbocycles. The molecule has 1 nitrogen and oxygen atoms in total. The molecule has 1 saturated heterocycles. The predicted octanol–water partition coefficient (Wildman–Crippen LogP) is 3.54. The Balaban J connectivity index is 2.39. The van der Waals surface area contributed by atoms with Crippen molar-refractivity contribution in [3.05, 3.63) is 0 Å². The van der Waals surface area contributed by atoms with Crippen LogP contribution in [-0.2, 0) is 0 Å². The molecular weight excluding hydrogens is 170 g/mol. The first-order valence-corrected chi connectivity index (χ1v) is 6.20. The zero-order chi connectivity index (χ0) is 10.8. The molecule has 1 atom stereocenters. The molecule has 1 aliphatic rings. The van der Waals surface area contributed by atoms with Gasteiger partial charge < -0.3 is 0 Å². The Morgan fingerprint density at radius 3 is 2.07 bits per heavy atom. The molecule has 1 rings (SSSR count). The summed E-state index contributed by atoms with van der Waals surface area (Å²) in [4.78, 5) is 2.63. The van der Waals surface area contributed by atoms with Crippen LogP contribution in [0.1, 0.15) is 53.9 Å². The number of nitrogens with zero attached hydrogens (tertiary/aromatic N) is 1. The van der Waals surface area contributed by atoms with Gasteiger partial charge in [-0.2, -0.15) is 0 Å². The Labute approximate surface area is 89.9 Å². The van der Waals surface area contributed by atoms with Crippen molar-refractivity contribution in [1.29, 1.82) is 0 Å². The molecule has 0 aromatic carbocycles. The quantitative estimate of drug-likeness (QED) is 0.654. The predicted molar refractivity (Wildman–Crippen MR) is 63.5 cm³/mol. The van der Waals surface area contributed by atoms with Crippen LogP contribution in [-0.4, -0.2) is 23.5 Å². The van der Waals surface area contributed by atoms with Crippen molar-refractivity contribution in [3.8, 4) is 0 Å². The minimum atomic E-state index is 0.375. The molecule has 0 spiro atoms. The summed E-state index contributed by atoms with van der Waals surface area (Å²) in [6, 6.07) is 0. The lowest BCUT2D eigenvalue weighted by Gasteiger charge is -2.42. The summed E-state index contributed by atoms with van der Waals surface area (Å²) < 4.78 is 0. The normalized spacial score (nSPS) is 23.8. The van der Waals surface area contributed by atoms with E-state index in [1.165, 1.54) is 32.4 Å². The van der Waals surface area contributed by atoms with Crippen molar-refractivity contribution in [2.45, 2.75) is 59.4 Å². The number of hydrogen-bond acceptors (Lipinski definition) is 1. The minimum Gasteiger partial charge on any atom is -0.298 e. The lowest BCUT2D eigenvalue weighted by atomic mass is 9.83. The molecule has 0 radical (unpaired) electrons. The number of likely N-dealkylation sites (tertiary alicyclic amines) is 1. The highest BCUT2D eigenvalue weighted by atomic mass is 15.2. The Bertz CT molecular complexity index is 161. The number of hydrogen-bond donors (Lipinski definition) is 0. The van der Waals surface area contributed by atoms with Crippen LogP contribution in [0.5, 0.6) is 0 Å². The van der Waals surface area contributed by atoms with E-state index in [1.807, 2.05) is 0 Å². The summed E-state index contributed by atoms with van der Waals surface area (Å²) in [6.07, 6.45) is 4.17. The van der Waals surface area contributed by atoms with E-state index < -0.39 is 0 Å². The van der Waals surface area contributed by atoms with Crippen LogP contribution >= 0.6 is 0 Å². The van der Waals surface area contributed by atoms with Gasteiger partial charge in [-0.1, -0.05) is 20.3 Å². The van der Waals surface area contributed by atoms with E-state index >= 15 is 0 Å². The second kappa shape index (κ2) is 4.65. The molecule has 0 aromatic rings. The first kappa shape index (κ1) is 12.0. The van der Waals surface area contributed by atoms with Gasteiger partial charge >= 0.3 is 0 Å². The van der Waals surface area contributed by atoms with E-state index in [4.69, 9.17) is 0 Å². The molecule has 0 amide bonds. The van der Waals surface area contributed by atoms with Crippen LogP contribution in [0.15, 0.2) is 0 Å². The zero-order valence-corrected chi connectivity index (χ0v) is 10.6. The average Bonchev–Trinajstić information content (AvgIpc) is 2.15. The Morgan fingerprint density at radius 2 is 1.71 bits per heavy atom. The van der Waals surface area contributed by atoms with Gasteiger partial charge in [0.05, 0.1) is 0 Å². The Hall–Kier alpha value is -0.0400. The third kappa shape index (κ3) is 2.98. The summed E-state index contributed by atoms with van der Waals surface area (Å²) in [5.41, 5.74) is 0.375. The fraction of sp³-hybridized carbons (Fsp3) is 1.00. The average molecular weight is 197 g/mol. The van der Waals surface area contributed by atoms with Crippen molar-refractivity contribution in [2.24, 2.45) is 11.8 Å². The fourth-order valence-corrected chi connectivity index (χ4v) is 2.47. The SMILES string of the molecule is CCC(C)C1CCN(C(C)(C)C)CC1. The van der Waals surface area contributed by atoms with Crippen molar-refractivity contribution in [2.75, 3.05) is 13.1 Å². The van der Waals surface area contributed by atoms with Gasteiger partial charge in [0.25, 0.3) is 0 Å². The highest BCUT2D eigenvalue weighted by molar-refractivity contribution is 4.82. The van der Waals surface area contributed by atoms with Crippen LogP contribution in [0.25, 0.3) is 0 Å². The van der Waals surface area contributed by atoms with Crippen molar-refractivity contribution in [1.82, 2.24) is 4.90 Å². The van der Waals surface area contributed by atoms with Crippen LogP contribution in [0, 0.1) is 11.8 Å². The summed E-state index contributed by atoms with van der Waals surface area (Å²) in [5, 5.41) is 0. The zero-order valence-electron chi connectivity index (χ0n) is 10.6. The van der Waals surface area contributed by atoms with Gasteiger partial charge in [0, 0.05) is 5.54 Å². The van der Waals surface area contributed by atoms with E-state index in [2.05, 4.69) is 39.5 Å². The van der Waals surface area contributed by atoms with Gasteiger partial charge in [-0.15, -0.1) is 0 Å². The summed E-state index contributed by atoms with van der Waals surface area (Å²) in [5.74, 6) is 1.91. The van der Waals surface area contributed by atoms with Crippen LogP contribution in [0.3, 0.4) is 0 Å². The molecule has 1 heteroatoms. The topological polar surface area (TPSA) is 3.24 Å². The fourth-order valence-electron chi connectivity index (χ4n) is 2.47.